The molecule has 0 aliphatic heterocycles. The van der Waals surface area contributed by atoms with Gasteiger partial charge >= 0.3 is 0 Å². The van der Waals surface area contributed by atoms with E-state index in [4.69, 9.17) is 42.1 Å². The van der Waals surface area contributed by atoms with Gasteiger partial charge in [-0.25, -0.2) is 0 Å². The van der Waals surface area contributed by atoms with Crippen LogP contribution >= 0.6 is 23.2 Å². The van der Waals surface area contributed by atoms with Crippen molar-refractivity contribution in [3.05, 3.63) is 34.3 Å². The molecule has 0 fully saturated rings. The molecule has 1 N–H and O–H groups in total. The second kappa shape index (κ2) is 10.8. The van der Waals surface area contributed by atoms with Crippen LogP contribution < -0.4 is 24.3 Å². The molecule has 0 aromatic heterocycles. The van der Waals surface area contributed by atoms with Crippen molar-refractivity contribution in [2.24, 2.45) is 10.2 Å². The number of hydrogen-bond acceptors (Lipinski definition) is 8. The second-order valence-electron chi connectivity index (χ2n) is 6.01. The maximum atomic E-state index is 12.8. The van der Waals surface area contributed by atoms with Gasteiger partial charge in [-0.3, -0.25) is 9.59 Å². The monoisotopic (exact) mass is 469 g/mol. The largest absolute Gasteiger partial charge is 0.495 e. The number of hydrogen-bond donors (Lipinski definition) is 1. The number of azo groups is 1. The van der Waals surface area contributed by atoms with E-state index in [1.807, 2.05) is 0 Å². The lowest BCUT2D eigenvalue weighted by molar-refractivity contribution is -0.126. The fourth-order valence-corrected chi connectivity index (χ4v) is 3.10. The maximum Gasteiger partial charge on any atom is 0.258 e. The highest BCUT2D eigenvalue weighted by molar-refractivity contribution is 6.36. The molecule has 0 aliphatic rings. The number of carbonyl (C=O) groups is 2. The second-order valence-corrected chi connectivity index (χ2v) is 6.79. The molecule has 0 heterocycles. The van der Waals surface area contributed by atoms with Crippen molar-refractivity contribution < 1.29 is 28.5 Å². The summed E-state index contributed by atoms with van der Waals surface area (Å²) in [6.07, 6.45) is 0. The minimum Gasteiger partial charge on any atom is -0.495 e. The Kier molecular flexibility index (Phi) is 8.47. The quantitative estimate of drug-likeness (QED) is 0.420. The van der Waals surface area contributed by atoms with Crippen LogP contribution in [0.4, 0.5) is 11.4 Å². The lowest BCUT2D eigenvalue weighted by atomic mass is 10.2. The van der Waals surface area contributed by atoms with Gasteiger partial charge in [0.05, 0.1) is 33.5 Å². The zero-order valence-corrected chi connectivity index (χ0v) is 19.0. The summed E-state index contributed by atoms with van der Waals surface area (Å²) in [6.45, 7) is 1.21. The first-order valence-electron chi connectivity index (χ1n) is 8.82. The van der Waals surface area contributed by atoms with Gasteiger partial charge in [0.2, 0.25) is 6.04 Å². The summed E-state index contributed by atoms with van der Waals surface area (Å²) in [5.74, 6) is -0.261. The Labute approximate surface area is 189 Å². The molecule has 2 rings (SSSR count). The molecule has 9 nitrogen and oxygen atoms in total. The Hall–Kier alpha value is -3.04. The average Bonchev–Trinajstić information content (AvgIpc) is 2.75. The molecule has 1 unspecified atom stereocenters. The number of halogens is 2. The first-order chi connectivity index (χ1) is 14.8. The number of nitrogens with one attached hydrogen (secondary N) is 1. The van der Waals surface area contributed by atoms with Crippen LogP contribution in [0.25, 0.3) is 0 Å². The Morgan fingerprint density at radius 1 is 0.903 bits per heavy atom. The van der Waals surface area contributed by atoms with E-state index >= 15 is 0 Å². The molecule has 1 amide bonds. The first-order valence-corrected chi connectivity index (χ1v) is 9.57. The van der Waals surface area contributed by atoms with Crippen molar-refractivity contribution in [3.8, 4) is 23.0 Å². The molecule has 0 saturated heterocycles. The van der Waals surface area contributed by atoms with Crippen molar-refractivity contribution in [2.75, 3.05) is 33.8 Å². The molecule has 0 bridgehead atoms. The summed E-state index contributed by atoms with van der Waals surface area (Å²) in [7, 11) is 5.66. The third-order valence-electron chi connectivity index (χ3n) is 4.13. The molecule has 0 spiro atoms. The number of ether oxygens (including phenoxy) is 4. The van der Waals surface area contributed by atoms with E-state index in [0.29, 0.717) is 11.5 Å². The normalized spacial score (nSPS) is 11.7. The molecule has 0 aliphatic carbocycles. The van der Waals surface area contributed by atoms with Crippen LogP contribution in [-0.2, 0) is 9.59 Å². The Balaban J connectivity index is 2.42. The first kappa shape index (κ1) is 24.2. The van der Waals surface area contributed by atoms with Gasteiger partial charge in [0.1, 0.15) is 28.0 Å². The number of Topliss-reactive ketones (excluding diaryl/α,β-unsaturated/α-hetero) is 1. The smallest absolute Gasteiger partial charge is 0.258 e. The summed E-state index contributed by atoms with van der Waals surface area (Å²) in [5.41, 5.74) is 0.265. The van der Waals surface area contributed by atoms with Gasteiger partial charge in [-0.15, -0.1) is 5.11 Å². The maximum absolute atomic E-state index is 12.8. The van der Waals surface area contributed by atoms with E-state index < -0.39 is 17.7 Å². The molecule has 2 aromatic rings. The number of amides is 1. The lowest BCUT2D eigenvalue weighted by Gasteiger charge is -2.16. The predicted octanol–water partition coefficient (Wildman–Crippen LogP) is 4.71. The van der Waals surface area contributed by atoms with Crippen LogP contribution in [0.3, 0.4) is 0 Å². The van der Waals surface area contributed by atoms with Gasteiger partial charge in [-0.05, 0) is 31.2 Å². The number of ketones is 1. The van der Waals surface area contributed by atoms with E-state index in [0.717, 1.165) is 0 Å². The van der Waals surface area contributed by atoms with E-state index in [1.54, 1.807) is 24.3 Å². The molecule has 31 heavy (non-hydrogen) atoms. The predicted molar refractivity (Wildman–Crippen MR) is 117 cm³/mol. The van der Waals surface area contributed by atoms with Crippen LogP contribution in [0.5, 0.6) is 23.0 Å². The van der Waals surface area contributed by atoms with Gasteiger partial charge < -0.3 is 24.3 Å². The highest BCUT2D eigenvalue weighted by atomic mass is 35.5. The molecule has 2 aromatic carbocycles. The SMILES string of the molecule is COc1ccc(OC)c(NC(=O)C(N=Nc2c(OC)ccc(Cl)c2OC)C(C)=O)c1Cl. The minimum atomic E-state index is -1.49. The fourth-order valence-electron chi connectivity index (χ4n) is 2.59. The van der Waals surface area contributed by atoms with Gasteiger partial charge in [0, 0.05) is 0 Å². The van der Waals surface area contributed by atoms with Crippen LogP contribution in [0.1, 0.15) is 6.92 Å². The number of nitrogens with zero attached hydrogens (tertiary/aromatic N) is 2. The molecule has 11 heteroatoms. The zero-order valence-electron chi connectivity index (χ0n) is 17.5. The Morgan fingerprint density at radius 2 is 1.48 bits per heavy atom. The summed E-state index contributed by atoms with van der Waals surface area (Å²) in [4.78, 5) is 25.0. The standard InChI is InChI=1S/C20H21Cl2N3O6/c1-10(26)16(24-25-18-14(30-4)7-6-11(21)19(18)31-5)20(27)23-17-13(29-3)9-8-12(28-2)15(17)22/h6-9,16H,1-5H3,(H,23,27). The van der Waals surface area contributed by atoms with Crippen molar-refractivity contribution in [2.45, 2.75) is 13.0 Å². The number of rotatable bonds is 9. The van der Waals surface area contributed by atoms with Gasteiger partial charge in [0.25, 0.3) is 5.91 Å². The molecular formula is C20H21Cl2N3O6. The van der Waals surface area contributed by atoms with Crippen molar-refractivity contribution in [1.29, 1.82) is 0 Å². The topological polar surface area (TPSA) is 108 Å². The number of methoxy groups -OCH3 is 4. The van der Waals surface area contributed by atoms with Gasteiger partial charge in [-0.2, -0.15) is 5.11 Å². The van der Waals surface area contributed by atoms with Crippen LogP contribution in [0.15, 0.2) is 34.5 Å². The molecule has 0 radical (unpaired) electrons. The molecule has 1 atom stereocenters. The lowest BCUT2D eigenvalue weighted by Crippen LogP contribution is -2.32. The third-order valence-corrected chi connectivity index (χ3v) is 4.81. The number of anilines is 1. The minimum absolute atomic E-state index is 0.104. The highest BCUT2D eigenvalue weighted by Gasteiger charge is 2.26. The van der Waals surface area contributed by atoms with Gasteiger partial charge in [-0.1, -0.05) is 23.2 Å². The Morgan fingerprint density at radius 3 is 2.03 bits per heavy atom. The zero-order chi connectivity index (χ0) is 23.1. The van der Waals surface area contributed by atoms with Crippen LogP contribution in [0, 0.1) is 0 Å². The third kappa shape index (κ3) is 5.36. The van der Waals surface area contributed by atoms with E-state index in [2.05, 4.69) is 15.5 Å². The fraction of sp³-hybridized carbons (Fsp3) is 0.300. The summed E-state index contributed by atoms with van der Waals surface area (Å²) in [6, 6.07) is 4.77. The van der Waals surface area contributed by atoms with Crippen molar-refractivity contribution in [1.82, 2.24) is 0 Å². The van der Waals surface area contributed by atoms with Crippen LogP contribution in [-0.4, -0.2) is 46.2 Å². The van der Waals surface area contributed by atoms with E-state index in [1.165, 1.54) is 35.4 Å². The van der Waals surface area contributed by atoms with Crippen molar-refractivity contribution in [3.63, 3.8) is 0 Å². The number of carbonyl (C=O) groups excluding carboxylic acids is 2. The summed E-state index contributed by atoms with van der Waals surface area (Å²) in [5, 5.41) is 10.8. The van der Waals surface area contributed by atoms with Gasteiger partial charge in [0.15, 0.2) is 17.2 Å². The molecular weight excluding hydrogens is 449 g/mol. The van der Waals surface area contributed by atoms with E-state index in [9.17, 15) is 9.59 Å². The highest BCUT2D eigenvalue weighted by Crippen LogP contribution is 2.43. The molecule has 0 saturated carbocycles. The van der Waals surface area contributed by atoms with E-state index in [-0.39, 0.29) is 32.9 Å². The number of benzene rings is 2. The van der Waals surface area contributed by atoms with Crippen LogP contribution in [0.2, 0.25) is 10.0 Å². The summed E-state index contributed by atoms with van der Waals surface area (Å²) >= 11 is 12.4. The molecule has 166 valence electrons. The average molecular weight is 470 g/mol. The Bertz CT molecular complexity index is 1010. The van der Waals surface area contributed by atoms with Crippen molar-refractivity contribution >= 4 is 46.3 Å². The summed E-state index contributed by atoms with van der Waals surface area (Å²) < 4.78 is 20.9.